The Bertz CT molecular complexity index is 530. The Labute approximate surface area is 108 Å². The first kappa shape index (κ1) is 12.4. The molecule has 0 fully saturated rings. The third kappa shape index (κ3) is 3.20. The van der Waals surface area contributed by atoms with E-state index in [-0.39, 0.29) is 0 Å². The van der Waals surface area contributed by atoms with Crippen molar-refractivity contribution >= 4 is 11.5 Å². The molecule has 0 atom stereocenters. The zero-order valence-corrected chi connectivity index (χ0v) is 10.6. The maximum atomic E-state index is 5.82. The molecule has 0 amide bonds. The fourth-order valence-electron chi connectivity index (χ4n) is 1.82. The van der Waals surface area contributed by atoms with Gasteiger partial charge in [-0.05, 0) is 23.6 Å². The molecule has 0 aromatic heterocycles. The Morgan fingerprint density at radius 3 is 2.39 bits per heavy atom. The lowest BCUT2D eigenvalue weighted by Gasteiger charge is -2.06. The smallest absolute Gasteiger partial charge is 0.0993 e. The van der Waals surface area contributed by atoms with E-state index in [1.807, 2.05) is 31.2 Å². The zero-order chi connectivity index (χ0) is 12.8. The van der Waals surface area contributed by atoms with Crippen LogP contribution in [0, 0.1) is 0 Å². The molecule has 0 bridgehead atoms. The maximum Gasteiger partial charge on any atom is 0.0993 e. The summed E-state index contributed by atoms with van der Waals surface area (Å²) in [7, 11) is 0. The van der Waals surface area contributed by atoms with Gasteiger partial charge < -0.3 is 5.73 Å². The molecule has 0 unspecified atom stereocenters. The quantitative estimate of drug-likeness (QED) is 0.640. The first-order valence-corrected chi connectivity index (χ1v) is 6.24. The van der Waals surface area contributed by atoms with Crippen molar-refractivity contribution in [1.29, 1.82) is 0 Å². The largest absolute Gasteiger partial charge is 0.387 e. The number of benzene rings is 2. The number of nitrogens with zero attached hydrogens (tertiary/aromatic N) is 1. The Morgan fingerprint density at radius 2 is 1.67 bits per heavy atom. The molecule has 0 aliphatic heterocycles. The number of rotatable bonds is 4. The van der Waals surface area contributed by atoms with Crippen molar-refractivity contribution in [3.8, 4) is 0 Å². The van der Waals surface area contributed by atoms with Gasteiger partial charge in [-0.2, -0.15) is 0 Å². The van der Waals surface area contributed by atoms with E-state index in [4.69, 9.17) is 5.73 Å². The van der Waals surface area contributed by atoms with Crippen LogP contribution in [0.4, 0.5) is 5.69 Å². The first-order chi connectivity index (χ1) is 8.79. The van der Waals surface area contributed by atoms with Crippen molar-refractivity contribution in [2.45, 2.75) is 19.8 Å². The summed E-state index contributed by atoms with van der Waals surface area (Å²) in [5.74, 6) is 0.676. The molecule has 0 heterocycles. The van der Waals surface area contributed by atoms with Crippen LogP contribution >= 0.6 is 0 Å². The minimum atomic E-state index is 0.676. The Balaban J connectivity index is 2.28. The van der Waals surface area contributed by atoms with E-state index in [0.29, 0.717) is 5.84 Å². The number of para-hydroxylation sites is 1. The minimum absolute atomic E-state index is 0.676. The second kappa shape index (κ2) is 6.01. The van der Waals surface area contributed by atoms with Crippen molar-refractivity contribution in [2.24, 2.45) is 10.7 Å². The molecule has 0 spiro atoms. The minimum Gasteiger partial charge on any atom is -0.387 e. The molecular weight excluding hydrogens is 220 g/mol. The van der Waals surface area contributed by atoms with Crippen LogP contribution < -0.4 is 5.73 Å². The fraction of sp³-hybridized carbons (Fsp3) is 0.188. The molecule has 2 rings (SSSR count). The Morgan fingerprint density at radius 1 is 1.00 bits per heavy atom. The summed E-state index contributed by atoms with van der Waals surface area (Å²) in [6, 6.07) is 18.6. The van der Waals surface area contributed by atoms with Crippen LogP contribution in [0.3, 0.4) is 0 Å². The van der Waals surface area contributed by atoms with E-state index in [0.717, 1.165) is 18.5 Å². The molecule has 2 aromatic carbocycles. The molecule has 0 aliphatic carbocycles. The average Bonchev–Trinajstić information content (AvgIpc) is 2.42. The Hall–Kier alpha value is -2.09. The van der Waals surface area contributed by atoms with Gasteiger partial charge in [-0.1, -0.05) is 55.5 Å². The summed E-state index contributed by atoms with van der Waals surface area (Å²) < 4.78 is 0. The molecule has 0 aliphatic rings. The molecule has 2 heteroatoms. The average molecular weight is 238 g/mol. The van der Waals surface area contributed by atoms with Crippen LogP contribution in [0.15, 0.2) is 59.6 Å². The van der Waals surface area contributed by atoms with E-state index in [2.05, 4.69) is 35.3 Å². The van der Waals surface area contributed by atoms with Crippen molar-refractivity contribution in [2.75, 3.05) is 0 Å². The molecule has 2 N–H and O–H groups in total. The normalized spacial score (nSPS) is 11.5. The fourth-order valence-corrected chi connectivity index (χ4v) is 1.82. The summed E-state index contributed by atoms with van der Waals surface area (Å²) in [4.78, 5) is 4.47. The topological polar surface area (TPSA) is 38.4 Å². The van der Waals surface area contributed by atoms with Crippen LogP contribution in [0.5, 0.6) is 0 Å². The summed E-state index contributed by atoms with van der Waals surface area (Å²) in [5.41, 5.74) is 9.29. The van der Waals surface area contributed by atoms with Gasteiger partial charge in [0.25, 0.3) is 0 Å². The number of nitrogens with two attached hydrogens (primary N) is 1. The Kier molecular flexibility index (Phi) is 4.13. The third-order valence-electron chi connectivity index (χ3n) is 2.86. The van der Waals surface area contributed by atoms with Crippen molar-refractivity contribution < 1.29 is 0 Å². The molecule has 2 nitrogen and oxygen atoms in total. The predicted octanol–water partition coefficient (Wildman–Crippen LogP) is 3.68. The molecule has 92 valence electrons. The van der Waals surface area contributed by atoms with Gasteiger partial charge in [0, 0.05) is 6.42 Å². The zero-order valence-electron chi connectivity index (χ0n) is 10.6. The van der Waals surface area contributed by atoms with Gasteiger partial charge in [-0.3, -0.25) is 0 Å². The van der Waals surface area contributed by atoms with Crippen molar-refractivity contribution in [1.82, 2.24) is 0 Å². The molecule has 0 saturated carbocycles. The molecule has 0 saturated heterocycles. The summed E-state index contributed by atoms with van der Waals surface area (Å²) in [6.07, 6.45) is 1.66. The van der Waals surface area contributed by atoms with Gasteiger partial charge in [-0.15, -0.1) is 0 Å². The lowest BCUT2D eigenvalue weighted by atomic mass is 10.0. The highest BCUT2D eigenvalue weighted by molar-refractivity contribution is 5.83. The second-order valence-electron chi connectivity index (χ2n) is 4.25. The molecule has 0 radical (unpaired) electrons. The van der Waals surface area contributed by atoms with E-state index >= 15 is 0 Å². The standard InChI is InChI=1S/C16H18N2/c1-2-16(17)18-15-11-7-6-10-14(15)12-13-8-4-3-5-9-13/h3-11H,2,12H2,1H3,(H2,17,18). The van der Waals surface area contributed by atoms with E-state index in [1.54, 1.807) is 0 Å². The summed E-state index contributed by atoms with van der Waals surface area (Å²) >= 11 is 0. The highest BCUT2D eigenvalue weighted by Gasteiger charge is 2.02. The van der Waals surface area contributed by atoms with Crippen LogP contribution in [-0.4, -0.2) is 5.84 Å². The van der Waals surface area contributed by atoms with E-state index < -0.39 is 0 Å². The number of hydrogen-bond donors (Lipinski definition) is 1. The van der Waals surface area contributed by atoms with Gasteiger partial charge in [0.2, 0.25) is 0 Å². The molecular formula is C16H18N2. The predicted molar refractivity (Wildman–Crippen MR) is 77.3 cm³/mol. The molecule has 18 heavy (non-hydrogen) atoms. The van der Waals surface area contributed by atoms with Crippen LogP contribution in [0.2, 0.25) is 0 Å². The lowest BCUT2D eigenvalue weighted by Crippen LogP contribution is -2.08. The SMILES string of the molecule is CCC(N)=Nc1ccccc1Cc1ccccc1. The molecule has 2 aromatic rings. The van der Waals surface area contributed by atoms with Gasteiger partial charge >= 0.3 is 0 Å². The third-order valence-corrected chi connectivity index (χ3v) is 2.86. The van der Waals surface area contributed by atoms with Crippen LogP contribution in [-0.2, 0) is 6.42 Å². The first-order valence-electron chi connectivity index (χ1n) is 6.24. The summed E-state index contributed by atoms with van der Waals surface area (Å²) in [6.45, 7) is 2.01. The van der Waals surface area contributed by atoms with Gasteiger partial charge in [0.05, 0.1) is 11.5 Å². The lowest BCUT2D eigenvalue weighted by molar-refractivity contribution is 1.17. The number of aliphatic imine (C=N–C) groups is 1. The van der Waals surface area contributed by atoms with Crippen LogP contribution in [0.25, 0.3) is 0 Å². The monoisotopic (exact) mass is 238 g/mol. The maximum absolute atomic E-state index is 5.82. The van der Waals surface area contributed by atoms with Gasteiger partial charge in [0.15, 0.2) is 0 Å². The van der Waals surface area contributed by atoms with Crippen molar-refractivity contribution in [3.63, 3.8) is 0 Å². The van der Waals surface area contributed by atoms with Crippen molar-refractivity contribution in [3.05, 3.63) is 65.7 Å². The van der Waals surface area contributed by atoms with E-state index in [9.17, 15) is 0 Å². The second-order valence-corrected chi connectivity index (χ2v) is 4.25. The van der Waals surface area contributed by atoms with Crippen LogP contribution in [0.1, 0.15) is 24.5 Å². The van der Waals surface area contributed by atoms with E-state index in [1.165, 1.54) is 11.1 Å². The van der Waals surface area contributed by atoms with Gasteiger partial charge in [-0.25, -0.2) is 4.99 Å². The highest BCUT2D eigenvalue weighted by Crippen LogP contribution is 2.22. The summed E-state index contributed by atoms with van der Waals surface area (Å²) in [5, 5.41) is 0. The number of hydrogen-bond acceptors (Lipinski definition) is 1. The van der Waals surface area contributed by atoms with Gasteiger partial charge in [0.1, 0.15) is 0 Å². The number of amidine groups is 1. The highest BCUT2D eigenvalue weighted by atomic mass is 14.9.